The van der Waals surface area contributed by atoms with Crippen molar-refractivity contribution in [3.8, 4) is 0 Å². The highest BCUT2D eigenvalue weighted by Crippen LogP contribution is 2.31. The van der Waals surface area contributed by atoms with E-state index in [-0.39, 0.29) is 0 Å². The highest BCUT2D eigenvalue weighted by atomic mass is 79.9. The summed E-state index contributed by atoms with van der Waals surface area (Å²) in [6.45, 7) is 0. The van der Waals surface area contributed by atoms with Crippen LogP contribution in [-0.4, -0.2) is 15.4 Å². The van der Waals surface area contributed by atoms with Gasteiger partial charge in [-0.2, -0.15) is 0 Å². The molecule has 0 spiro atoms. The molecule has 0 fully saturated rings. The fourth-order valence-corrected chi connectivity index (χ4v) is 2.82. The molecule has 0 N–H and O–H groups in total. The number of aldehydes is 1. The maximum absolute atomic E-state index is 11.0. The molecule has 4 heteroatoms. The van der Waals surface area contributed by atoms with Crippen LogP contribution >= 0.6 is 15.9 Å². The van der Waals surface area contributed by atoms with E-state index in [2.05, 4.69) is 32.6 Å². The molecule has 0 unspecified atom stereocenters. The van der Waals surface area contributed by atoms with Gasteiger partial charge < -0.3 is 9.13 Å². The number of aromatic nitrogens is 2. The van der Waals surface area contributed by atoms with Crippen molar-refractivity contribution in [1.82, 2.24) is 9.13 Å². The Labute approximate surface area is 107 Å². The van der Waals surface area contributed by atoms with Gasteiger partial charge in [0.1, 0.15) is 5.65 Å². The molecule has 0 aliphatic rings. The average molecular weight is 291 g/mol. The Morgan fingerprint density at radius 1 is 1.12 bits per heavy atom. The zero-order valence-electron chi connectivity index (χ0n) is 9.57. The van der Waals surface area contributed by atoms with E-state index in [1.54, 1.807) is 0 Å². The van der Waals surface area contributed by atoms with E-state index in [9.17, 15) is 4.79 Å². The number of carbonyl (C=O) groups excluding carboxylic acids is 1. The summed E-state index contributed by atoms with van der Waals surface area (Å²) in [7, 11) is 3.94. The first kappa shape index (κ1) is 10.6. The van der Waals surface area contributed by atoms with Crippen LogP contribution in [0.2, 0.25) is 0 Å². The quantitative estimate of drug-likeness (QED) is 0.632. The molecule has 3 nitrogen and oxygen atoms in total. The SMILES string of the molecule is Cn1c(C=O)cc2c3cc(Br)ccc3n(C)c21. The van der Waals surface area contributed by atoms with Crippen LogP contribution in [0, 0.1) is 0 Å². The van der Waals surface area contributed by atoms with Crippen LogP contribution in [0.5, 0.6) is 0 Å². The maximum Gasteiger partial charge on any atom is 0.166 e. The van der Waals surface area contributed by atoms with E-state index < -0.39 is 0 Å². The minimum atomic E-state index is 0.701. The number of aryl methyl sites for hydroxylation is 2. The molecule has 0 bridgehead atoms. The van der Waals surface area contributed by atoms with Crippen LogP contribution in [0.4, 0.5) is 0 Å². The lowest BCUT2D eigenvalue weighted by atomic mass is 10.2. The highest BCUT2D eigenvalue weighted by molar-refractivity contribution is 9.10. The molecule has 1 aromatic carbocycles. The van der Waals surface area contributed by atoms with Crippen LogP contribution in [0.1, 0.15) is 10.5 Å². The number of fused-ring (bicyclic) bond motifs is 3. The first-order valence-corrected chi connectivity index (χ1v) is 6.11. The molecule has 0 aliphatic carbocycles. The van der Waals surface area contributed by atoms with Crippen molar-refractivity contribution in [2.24, 2.45) is 14.1 Å². The van der Waals surface area contributed by atoms with Gasteiger partial charge in [-0.05, 0) is 24.3 Å². The van der Waals surface area contributed by atoms with Crippen LogP contribution in [0.15, 0.2) is 28.7 Å². The lowest BCUT2D eigenvalue weighted by molar-refractivity contribution is 0.111. The van der Waals surface area contributed by atoms with Crippen LogP contribution < -0.4 is 0 Å². The number of rotatable bonds is 1. The lowest BCUT2D eigenvalue weighted by Crippen LogP contribution is -1.98. The predicted molar refractivity (Wildman–Crippen MR) is 72.5 cm³/mol. The molecule has 0 amide bonds. The van der Waals surface area contributed by atoms with Crippen LogP contribution in [0.25, 0.3) is 21.9 Å². The third-order valence-electron chi connectivity index (χ3n) is 3.29. The first-order valence-electron chi connectivity index (χ1n) is 5.32. The van der Waals surface area contributed by atoms with Crippen molar-refractivity contribution in [3.63, 3.8) is 0 Å². The lowest BCUT2D eigenvalue weighted by Gasteiger charge is -2.02. The Kier molecular flexibility index (Phi) is 2.16. The second kappa shape index (κ2) is 3.47. The first-order chi connectivity index (χ1) is 8.13. The normalized spacial score (nSPS) is 11.5. The number of hydrogen-bond donors (Lipinski definition) is 0. The van der Waals surface area contributed by atoms with E-state index in [1.165, 1.54) is 10.9 Å². The Bertz CT molecular complexity index is 752. The average Bonchev–Trinajstić information content (AvgIpc) is 2.77. The summed E-state index contributed by atoms with van der Waals surface area (Å²) in [5.74, 6) is 0. The second-order valence-electron chi connectivity index (χ2n) is 4.20. The Balaban J connectivity index is 2.59. The van der Waals surface area contributed by atoms with Crippen molar-refractivity contribution < 1.29 is 4.79 Å². The van der Waals surface area contributed by atoms with Gasteiger partial charge in [0, 0.05) is 29.3 Å². The molecular weight excluding hydrogens is 280 g/mol. The van der Waals surface area contributed by atoms with E-state index >= 15 is 0 Å². The smallest absolute Gasteiger partial charge is 0.166 e. The summed E-state index contributed by atoms with van der Waals surface area (Å²) in [5.41, 5.74) is 2.94. The van der Waals surface area contributed by atoms with Gasteiger partial charge in [-0.25, -0.2) is 0 Å². The molecule has 3 rings (SSSR count). The van der Waals surface area contributed by atoms with Gasteiger partial charge >= 0.3 is 0 Å². The van der Waals surface area contributed by atoms with Crippen molar-refractivity contribution in [2.45, 2.75) is 0 Å². The zero-order chi connectivity index (χ0) is 12.2. The molecule has 2 aromatic heterocycles. The molecule has 0 saturated heterocycles. The fraction of sp³-hybridized carbons (Fsp3) is 0.154. The predicted octanol–water partition coefficient (Wildman–Crippen LogP) is 3.25. The summed E-state index contributed by atoms with van der Waals surface area (Å²) in [4.78, 5) is 11.0. The van der Waals surface area contributed by atoms with Crippen molar-refractivity contribution in [2.75, 3.05) is 0 Å². The molecule has 86 valence electrons. The summed E-state index contributed by atoms with van der Waals surface area (Å²) in [5, 5.41) is 2.29. The minimum Gasteiger partial charge on any atom is -0.330 e. The van der Waals surface area contributed by atoms with Gasteiger partial charge in [-0.3, -0.25) is 4.79 Å². The van der Waals surface area contributed by atoms with Gasteiger partial charge in [-0.1, -0.05) is 15.9 Å². The number of halogens is 1. The zero-order valence-corrected chi connectivity index (χ0v) is 11.2. The maximum atomic E-state index is 11.0. The Morgan fingerprint density at radius 2 is 1.88 bits per heavy atom. The highest BCUT2D eigenvalue weighted by Gasteiger charge is 2.14. The van der Waals surface area contributed by atoms with Gasteiger partial charge in [0.2, 0.25) is 0 Å². The van der Waals surface area contributed by atoms with Crippen molar-refractivity contribution in [1.29, 1.82) is 0 Å². The van der Waals surface area contributed by atoms with E-state index in [1.807, 2.05) is 30.8 Å². The van der Waals surface area contributed by atoms with Gasteiger partial charge in [0.15, 0.2) is 6.29 Å². The fourth-order valence-electron chi connectivity index (χ4n) is 2.46. The van der Waals surface area contributed by atoms with E-state index in [0.29, 0.717) is 5.69 Å². The Morgan fingerprint density at radius 3 is 2.59 bits per heavy atom. The van der Waals surface area contributed by atoms with Gasteiger partial charge in [-0.15, -0.1) is 0 Å². The minimum absolute atomic E-state index is 0.701. The largest absolute Gasteiger partial charge is 0.330 e. The Hall–Kier alpha value is -1.55. The summed E-state index contributed by atoms with van der Waals surface area (Å²) >= 11 is 3.48. The molecule has 0 atom stereocenters. The molecule has 17 heavy (non-hydrogen) atoms. The van der Waals surface area contributed by atoms with E-state index in [4.69, 9.17) is 0 Å². The number of nitrogens with zero attached hydrogens (tertiary/aromatic N) is 2. The van der Waals surface area contributed by atoms with Crippen molar-refractivity contribution in [3.05, 3.63) is 34.4 Å². The summed E-state index contributed by atoms with van der Waals surface area (Å²) in [6.07, 6.45) is 0.893. The van der Waals surface area contributed by atoms with Gasteiger partial charge in [0.05, 0.1) is 11.2 Å². The van der Waals surface area contributed by atoms with E-state index in [0.717, 1.165) is 21.8 Å². The number of benzene rings is 1. The number of carbonyl (C=O) groups is 1. The van der Waals surface area contributed by atoms with Crippen LogP contribution in [-0.2, 0) is 14.1 Å². The molecule has 3 aromatic rings. The van der Waals surface area contributed by atoms with Gasteiger partial charge in [0.25, 0.3) is 0 Å². The molecule has 0 aliphatic heterocycles. The standard InChI is InChI=1S/C13H11BrN2O/c1-15-9(7-17)6-11-10-5-8(14)3-4-12(10)16(2)13(11)15/h3-7H,1-2H3. The van der Waals surface area contributed by atoms with Crippen LogP contribution in [0.3, 0.4) is 0 Å². The number of hydrogen-bond acceptors (Lipinski definition) is 1. The monoisotopic (exact) mass is 290 g/mol. The third-order valence-corrected chi connectivity index (χ3v) is 3.78. The molecular formula is C13H11BrN2O. The summed E-state index contributed by atoms with van der Waals surface area (Å²) in [6, 6.07) is 8.14. The second-order valence-corrected chi connectivity index (χ2v) is 5.12. The van der Waals surface area contributed by atoms with Crippen molar-refractivity contribution >= 4 is 44.2 Å². The molecule has 2 heterocycles. The molecule has 0 radical (unpaired) electrons. The topological polar surface area (TPSA) is 26.9 Å². The third kappa shape index (κ3) is 1.30. The molecule has 0 saturated carbocycles. The summed E-state index contributed by atoms with van der Waals surface area (Å²) < 4.78 is 5.09.